The smallest absolute Gasteiger partial charge is 0.254 e. The van der Waals surface area contributed by atoms with Gasteiger partial charge in [0.25, 0.3) is 5.91 Å². The zero-order valence-corrected chi connectivity index (χ0v) is 6.80. The minimum Gasteiger partial charge on any atom is -0.497 e. The van der Waals surface area contributed by atoms with Gasteiger partial charge in [0.2, 0.25) is 0 Å². The van der Waals surface area contributed by atoms with Crippen LogP contribution < -0.4 is 10.5 Å². The highest BCUT2D eigenvalue weighted by molar-refractivity contribution is 5.93. The summed E-state index contributed by atoms with van der Waals surface area (Å²) in [4.78, 5) is 10.5. The number of ether oxygens (including phenoxy) is 1. The van der Waals surface area contributed by atoms with Gasteiger partial charge in [0.15, 0.2) is 0 Å². The Morgan fingerprint density at radius 3 is 2.15 bits per heavy atom. The number of carbonyl (C=O) groups is 1. The number of primary amides is 1. The Hall–Kier alpha value is -1.65. The zero-order chi connectivity index (χ0) is 10.0. The summed E-state index contributed by atoms with van der Waals surface area (Å²) in [5.41, 5.74) is 4.00. The first-order chi connectivity index (χ1) is 6.06. The van der Waals surface area contributed by atoms with Crippen LogP contribution in [0.1, 0.15) is 10.4 Å². The molecule has 0 atom stereocenters. The van der Waals surface area contributed by atoms with Crippen molar-refractivity contribution in [3.8, 4) is 5.75 Å². The first-order valence-corrected chi connectivity index (χ1v) is 3.39. The third-order valence-corrected chi connectivity index (χ3v) is 1.50. The fraction of sp³-hybridized carbons (Fsp3) is 0.125. The quantitative estimate of drug-likeness (QED) is 0.752. The molecule has 1 amide bonds. The molecule has 0 aliphatic carbocycles. The van der Waals surface area contributed by atoms with Gasteiger partial charge >= 0.3 is 0 Å². The molecule has 2 N–H and O–H groups in total. The van der Waals surface area contributed by atoms with E-state index in [4.69, 9.17) is 5.73 Å². The normalized spacial score (nSPS) is 9.77. The molecule has 0 unspecified atom stereocenters. The van der Waals surface area contributed by atoms with Crippen molar-refractivity contribution in [3.05, 3.63) is 29.3 Å². The number of carbonyl (C=O) groups excluding carboxylic acids is 1. The van der Waals surface area contributed by atoms with E-state index < -0.39 is 23.1 Å². The summed E-state index contributed by atoms with van der Waals surface area (Å²) < 4.78 is 30.4. The number of hydrogen-bond donors (Lipinski definition) is 1. The van der Waals surface area contributed by atoms with Crippen LogP contribution in [0.3, 0.4) is 0 Å². The highest BCUT2D eigenvalue weighted by Gasteiger charge is 2.15. The first kappa shape index (κ1) is 9.44. The molecule has 3 nitrogen and oxygen atoms in total. The van der Waals surface area contributed by atoms with Crippen molar-refractivity contribution in [2.75, 3.05) is 7.11 Å². The van der Waals surface area contributed by atoms with E-state index in [2.05, 4.69) is 4.74 Å². The maximum Gasteiger partial charge on any atom is 0.254 e. The predicted octanol–water partition coefficient (Wildman–Crippen LogP) is 1.07. The van der Waals surface area contributed by atoms with Crippen molar-refractivity contribution >= 4 is 5.91 Å². The molecule has 0 heterocycles. The number of rotatable bonds is 2. The summed E-state index contributed by atoms with van der Waals surface area (Å²) in [6.45, 7) is 0. The molecule has 1 aromatic carbocycles. The molecule has 0 aromatic heterocycles. The SMILES string of the molecule is COc1cc(F)c(C(N)=O)c(F)c1. The molecule has 0 fully saturated rings. The second-order valence-electron chi connectivity index (χ2n) is 2.33. The molecule has 1 aromatic rings. The second-order valence-corrected chi connectivity index (χ2v) is 2.33. The van der Waals surface area contributed by atoms with Crippen molar-refractivity contribution in [1.82, 2.24) is 0 Å². The van der Waals surface area contributed by atoms with Gasteiger partial charge in [0, 0.05) is 12.1 Å². The Balaban J connectivity index is 3.31. The average Bonchev–Trinajstić information content (AvgIpc) is 2.02. The number of halogens is 2. The molecule has 0 spiro atoms. The Morgan fingerprint density at radius 1 is 1.38 bits per heavy atom. The summed E-state index contributed by atoms with van der Waals surface area (Å²) in [7, 11) is 1.26. The van der Waals surface area contributed by atoms with Gasteiger partial charge in [0.1, 0.15) is 22.9 Å². The number of benzene rings is 1. The van der Waals surface area contributed by atoms with Crippen LogP contribution >= 0.6 is 0 Å². The highest BCUT2D eigenvalue weighted by atomic mass is 19.1. The molecule has 70 valence electrons. The molecule has 1 rings (SSSR count). The number of hydrogen-bond acceptors (Lipinski definition) is 2. The van der Waals surface area contributed by atoms with Crippen molar-refractivity contribution in [2.45, 2.75) is 0 Å². The van der Waals surface area contributed by atoms with Crippen LogP contribution in [0.2, 0.25) is 0 Å². The third kappa shape index (κ3) is 1.74. The molecule has 0 saturated carbocycles. The largest absolute Gasteiger partial charge is 0.497 e. The van der Waals surface area contributed by atoms with Crippen LogP contribution in [-0.2, 0) is 0 Å². The lowest BCUT2D eigenvalue weighted by Crippen LogP contribution is -2.15. The van der Waals surface area contributed by atoms with E-state index in [-0.39, 0.29) is 5.75 Å². The van der Waals surface area contributed by atoms with Crippen molar-refractivity contribution < 1.29 is 18.3 Å². The van der Waals surface area contributed by atoms with Gasteiger partial charge in [-0.15, -0.1) is 0 Å². The van der Waals surface area contributed by atoms with E-state index >= 15 is 0 Å². The topological polar surface area (TPSA) is 52.3 Å². The minimum atomic E-state index is -1.14. The second kappa shape index (κ2) is 3.38. The van der Waals surface area contributed by atoms with E-state index in [1.54, 1.807) is 0 Å². The fourth-order valence-corrected chi connectivity index (χ4v) is 0.903. The molecular formula is C8H7F2NO2. The van der Waals surface area contributed by atoms with Gasteiger partial charge in [0.05, 0.1) is 7.11 Å². The van der Waals surface area contributed by atoms with Crippen LogP contribution in [0.5, 0.6) is 5.75 Å². The lowest BCUT2D eigenvalue weighted by molar-refractivity contribution is 0.0992. The van der Waals surface area contributed by atoms with Crippen molar-refractivity contribution in [1.29, 1.82) is 0 Å². The molecule has 0 aliphatic heterocycles. The molecule has 0 aliphatic rings. The van der Waals surface area contributed by atoms with Gasteiger partial charge < -0.3 is 10.5 Å². The highest BCUT2D eigenvalue weighted by Crippen LogP contribution is 2.19. The standard InChI is InChI=1S/C8H7F2NO2/c1-13-4-2-5(9)7(8(11)12)6(10)3-4/h2-3H,1H3,(H2,11,12). The van der Waals surface area contributed by atoms with Gasteiger partial charge in [-0.1, -0.05) is 0 Å². The molecule has 5 heteroatoms. The van der Waals surface area contributed by atoms with E-state index in [1.165, 1.54) is 7.11 Å². The van der Waals surface area contributed by atoms with Gasteiger partial charge in [-0.05, 0) is 0 Å². The monoisotopic (exact) mass is 187 g/mol. The number of methoxy groups -OCH3 is 1. The van der Waals surface area contributed by atoms with Gasteiger partial charge in [-0.25, -0.2) is 8.78 Å². The summed E-state index contributed by atoms with van der Waals surface area (Å²) in [6.07, 6.45) is 0. The van der Waals surface area contributed by atoms with Crippen LogP contribution in [0.25, 0.3) is 0 Å². The van der Waals surface area contributed by atoms with Gasteiger partial charge in [-0.3, -0.25) is 4.79 Å². The number of nitrogens with two attached hydrogens (primary N) is 1. The Bertz CT molecular complexity index is 329. The summed E-state index contributed by atoms with van der Waals surface area (Å²) in [5, 5.41) is 0. The summed E-state index contributed by atoms with van der Waals surface area (Å²) in [6, 6.07) is 1.78. The van der Waals surface area contributed by atoms with Crippen molar-refractivity contribution in [3.63, 3.8) is 0 Å². The summed E-state index contributed by atoms with van der Waals surface area (Å²) >= 11 is 0. The van der Waals surface area contributed by atoms with Crippen LogP contribution in [0, 0.1) is 11.6 Å². The maximum absolute atomic E-state index is 12.9. The zero-order valence-electron chi connectivity index (χ0n) is 6.80. The molecule has 0 saturated heterocycles. The van der Waals surface area contributed by atoms with Crippen LogP contribution in [0.15, 0.2) is 12.1 Å². The Labute approximate surface area is 73.1 Å². The number of amides is 1. The van der Waals surface area contributed by atoms with E-state index in [9.17, 15) is 13.6 Å². The lowest BCUT2D eigenvalue weighted by Gasteiger charge is -2.03. The maximum atomic E-state index is 12.9. The Kier molecular flexibility index (Phi) is 2.46. The molecule has 0 radical (unpaired) electrons. The van der Waals surface area contributed by atoms with E-state index in [0.29, 0.717) is 0 Å². The van der Waals surface area contributed by atoms with Crippen molar-refractivity contribution in [2.24, 2.45) is 5.73 Å². The Morgan fingerprint density at radius 2 is 1.85 bits per heavy atom. The lowest BCUT2D eigenvalue weighted by atomic mass is 10.2. The summed E-state index contributed by atoms with van der Waals surface area (Å²) in [5.74, 6) is -3.19. The van der Waals surface area contributed by atoms with Crippen LogP contribution in [0.4, 0.5) is 8.78 Å². The van der Waals surface area contributed by atoms with E-state index in [1.807, 2.05) is 0 Å². The predicted molar refractivity (Wildman–Crippen MR) is 41.4 cm³/mol. The van der Waals surface area contributed by atoms with Crippen LogP contribution in [-0.4, -0.2) is 13.0 Å². The molecule has 0 bridgehead atoms. The minimum absolute atomic E-state index is 0.000000000000000222. The molecular weight excluding hydrogens is 180 g/mol. The first-order valence-electron chi connectivity index (χ1n) is 3.39. The van der Waals surface area contributed by atoms with Gasteiger partial charge in [-0.2, -0.15) is 0 Å². The fourth-order valence-electron chi connectivity index (χ4n) is 0.903. The molecule has 13 heavy (non-hydrogen) atoms. The van der Waals surface area contributed by atoms with E-state index in [0.717, 1.165) is 12.1 Å². The average molecular weight is 187 g/mol. The third-order valence-electron chi connectivity index (χ3n) is 1.50.